The molecule has 1 fully saturated rings. The van der Waals surface area contributed by atoms with E-state index in [0.717, 1.165) is 11.6 Å². The minimum Gasteiger partial charge on any atom is -0.462 e. The zero-order valence-electron chi connectivity index (χ0n) is 17.6. The summed E-state index contributed by atoms with van der Waals surface area (Å²) >= 11 is 1.43. The van der Waals surface area contributed by atoms with E-state index >= 15 is 0 Å². The van der Waals surface area contributed by atoms with E-state index < -0.39 is 11.5 Å². The number of carbonyl (C=O) groups excluding carboxylic acids is 2. The highest BCUT2D eigenvalue weighted by Crippen LogP contribution is 2.18. The quantitative estimate of drug-likeness (QED) is 0.730. The van der Waals surface area contributed by atoms with Crippen LogP contribution in [-0.2, 0) is 4.74 Å². The van der Waals surface area contributed by atoms with Crippen LogP contribution in [0.5, 0.6) is 0 Å². The summed E-state index contributed by atoms with van der Waals surface area (Å²) in [6.07, 6.45) is 4.59. The number of nitrogens with zero attached hydrogens (tertiary/aromatic N) is 2. The van der Waals surface area contributed by atoms with Crippen LogP contribution < -0.4 is 21.0 Å². The van der Waals surface area contributed by atoms with E-state index in [9.17, 15) is 14.4 Å². The smallest absolute Gasteiger partial charge is 0.345 e. The third kappa shape index (κ3) is 4.33. The van der Waals surface area contributed by atoms with Gasteiger partial charge >= 0.3 is 5.97 Å². The van der Waals surface area contributed by atoms with Gasteiger partial charge in [0, 0.05) is 36.7 Å². The molecule has 0 saturated carbocycles. The molecule has 8 heteroatoms. The molecule has 1 amide bonds. The van der Waals surface area contributed by atoms with Gasteiger partial charge in [-0.3, -0.25) is 9.59 Å². The van der Waals surface area contributed by atoms with Gasteiger partial charge in [-0.1, -0.05) is 25.1 Å². The van der Waals surface area contributed by atoms with Gasteiger partial charge in [0.25, 0.3) is 11.5 Å². The monoisotopic (exact) mass is 429 g/mol. The van der Waals surface area contributed by atoms with Crippen molar-refractivity contribution in [3.05, 3.63) is 48.9 Å². The lowest BCUT2D eigenvalue weighted by molar-refractivity contribution is 0.0523. The van der Waals surface area contributed by atoms with Crippen LogP contribution in [0.4, 0.5) is 5.69 Å². The molecule has 160 valence electrons. The second-order valence-corrected chi connectivity index (χ2v) is 7.83. The predicted molar refractivity (Wildman–Crippen MR) is 120 cm³/mol. The standard InChI is InChI=1S/C22H27N3O4S/c1-4-8-16-15(5-2)19(18(20(26)23-16)22(28)29-6-3)24-10-12-25(13-11-24)21(27)17-9-7-14-30-17/h5,7-9,14H,4,6,10-13H2,1-3H3,(H,23,26)/b15-5+,16-8+. The molecule has 0 aromatic carbocycles. The van der Waals surface area contributed by atoms with Gasteiger partial charge in [-0.15, -0.1) is 11.3 Å². The van der Waals surface area contributed by atoms with Crippen LogP contribution in [0.25, 0.3) is 12.2 Å². The van der Waals surface area contributed by atoms with Crippen molar-refractivity contribution in [2.75, 3.05) is 37.7 Å². The fourth-order valence-corrected chi connectivity index (χ4v) is 4.38. The van der Waals surface area contributed by atoms with Crippen molar-refractivity contribution in [2.24, 2.45) is 0 Å². The SMILES string of the molecule is C/C=c1/c(N2CCN(C(=O)c3cccs3)CC2)c(C(=O)OCC)c(=O)[nH]/c1=C/CC. The van der Waals surface area contributed by atoms with E-state index in [4.69, 9.17) is 4.74 Å². The first-order valence-corrected chi connectivity index (χ1v) is 11.1. The van der Waals surface area contributed by atoms with Gasteiger partial charge in [-0.05, 0) is 31.7 Å². The summed E-state index contributed by atoms with van der Waals surface area (Å²) in [6, 6.07) is 3.69. The molecule has 0 aliphatic carbocycles. The molecule has 3 rings (SSSR count). The zero-order valence-corrected chi connectivity index (χ0v) is 18.4. The Labute approximate surface area is 179 Å². The van der Waals surface area contributed by atoms with Crippen LogP contribution in [0.3, 0.4) is 0 Å². The molecule has 1 aliphatic heterocycles. The number of hydrogen-bond acceptors (Lipinski definition) is 6. The van der Waals surface area contributed by atoms with Gasteiger partial charge in [0.1, 0.15) is 5.56 Å². The van der Waals surface area contributed by atoms with Crippen LogP contribution >= 0.6 is 11.3 Å². The van der Waals surface area contributed by atoms with Gasteiger partial charge in [-0.2, -0.15) is 0 Å². The lowest BCUT2D eigenvalue weighted by Gasteiger charge is -2.36. The molecule has 0 atom stereocenters. The number of carbonyl (C=O) groups is 2. The van der Waals surface area contributed by atoms with Crippen molar-refractivity contribution in [2.45, 2.75) is 27.2 Å². The third-order valence-electron chi connectivity index (χ3n) is 5.05. The Kier molecular flexibility index (Phi) is 7.10. The molecule has 0 spiro atoms. The number of thiophene rings is 1. The van der Waals surface area contributed by atoms with E-state index in [2.05, 4.69) is 4.98 Å². The molecular formula is C22H27N3O4S. The van der Waals surface area contributed by atoms with Crippen LogP contribution in [0.1, 0.15) is 47.2 Å². The Balaban J connectivity index is 2.00. The van der Waals surface area contributed by atoms with Crippen LogP contribution in [0.2, 0.25) is 0 Å². The second-order valence-electron chi connectivity index (χ2n) is 6.88. The van der Waals surface area contributed by atoms with Crippen molar-refractivity contribution < 1.29 is 14.3 Å². The fraction of sp³-hybridized carbons (Fsp3) is 0.409. The minimum absolute atomic E-state index is 0.0171. The van der Waals surface area contributed by atoms with Crippen molar-refractivity contribution >= 4 is 41.1 Å². The van der Waals surface area contributed by atoms with Gasteiger partial charge in [-0.25, -0.2) is 4.79 Å². The van der Waals surface area contributed by atoms with E-state index in [1.807, 2.05) is 53.3 Å². The summed E-state index contributed by atoms with van der Waals surface area (Å²) in [5.74, 6) is -0.611. The van der Waals surface area contributed by atoms with Crippen LogP contribution in [0.15, 0.2) is 22.3 Å². The number of hydrogen-bond donors (Lipinski definition) is 1. The molecule has 7 nitrogen and oxygen atoms in total. The summed E-state index contributed by atoms with van der Waals surface area (Å²) in [6.45, 7) is 7.87. The molecule has 1 N–H and O–H groups in total. The molecule has 0 bridgehead atoms. The molecule has 0 unspecified atom stereocenters. The number of ether oxygens (including phenoxy) is 1. The molecule has 2 aromatic heterocycles. The number of aromatic nitrogens is 1. The average Bonchev–Trinajstić information content (AvgIpc) is 3.28. The predicted octanol–water partition coefficient (Wildman–Crippen LogP) is 1.57. The Morgan fingerprint density at radius 2 is 1.97 bits per heavy atom. The lowest BCUT2D eigenvalue weighted by Crippen LogP contribution is -2.52. The minimum atomic E-state index is -0.628. The number of esters is 1. The Hall–Kier alpha value is -2.87. The number of nitrogens with one attached hydrogen (secondary N) is 1. The summed E-state index contributed by atoms with van der Waals surface area (Å²) in [7, 11) is 0. The fourth-order valence-electron chi connectivity index (χ4n) is 3.69. The highest BCUT2D eigenvalue weighted by molar-refractivity contribution is 7.12. The van der Waals surface area contributed by atoms with Crippen molar-refractivity contribution in [3.63, 3.8) is 0 Å². The normalized spacial score (nSPS) is 15.6. The number of amides is 1. The Morgan fingerprint density at radius 1 is 1.23 bits per heavy atom. The first kappa shape index (κ1) is 21.8. The summed E-state index contributed by atoms with van der Waals surface area (Å²) in [5, 5.41) is 3.39. The average molecular weight is 430 g/mol. The summed E-state index contributed by atoms with van der Waals surface area (Å²) < 4.78 is 5.18. The molecule has 30 heavy (non-hydrogen) atoms. The highest BCUT2D eigenvalue weighted by Gasteiger charge is 2.28. The van der Waals surface area contributed by atoms with E-state index in [1.54, 1.807) is 6.92 Å². The van der Waals surface area contributed by atoms with E-state index in [1.165, 1.54) is 11.3 Å². The molecular weight excluding hydrogens is 402 g/mol. The number of rotatable bonds is 5. The van der Waals surface area contributed by atoms with Gasteiger partial charge < -0.3 is 19.5 Å². The maximum absolute atomic E-state index is 12.8. The van der Waals surface area contributed by atoms with Gasteiger partial charge in [0.05, 0.1) is 17.2 Å². The maximum Gasteiger partial charge on any atom is 0.345 e. The third-order valence-corrected chi connectivity index (χ3v) is 5.91. The molecule has 0 radical (unpaired) electrons. The number of anilines is 1. The number of piperazine rings is 1. The lowest BCUT2D eigenvalue weighted by atomic mass is 10.1. The highest BCUT2D eigenvalue weighted by atomic mass is 32.1. The maximum atomic E-state index is 12.8. The number of aromatic amines is 1. The van der Waals surface area contributed by atoms with E-state index in [-0.39, 0.29) is 18.1 Å². The first-order valence-electron chi connectivity index (χ1n) is 10.2. The largest absolute Gasteiger partial charge is 0.462 e. The van der Waals surface area contributed by atoms with Crippen LogP contribution in [-0.4, -0.2) is 54.5 Å². The van der Waals surface area contributed by atoms with Crippen molar-refractivity contribution in [1.82, 2.24) is 9.88 Å². The first-order chi connectivity index (χ1) is 14.5. The Bertz CT molecular complexity index is 1080. The Morgan fingerprint density at radius 3 is 2.53 bits per heavy atom. The van der Waals surface area contributed by atoms with Crippen LogP contribution in [0, 0.1) is 0 Å². The van der Waals surface area contributed by atoms with Gasteiger partial charge in [0.15, 0.2) is 0 Å². The second kappa shape index (κ2) is 9.75. The summed E-state index contributed by atoms with van der Waals surface area (Å²) in [4.78, 5) is 45.5. The van der Waals surface area contributed by atoms with E-state index in [0.29, 0.717) is 42.1 Å². The molecule has 1 saturated heterocycles. The summed E-state index contributed by atoms with van der Waals surface area (Å²) in [5.41, 5.74) is 0.157. The number of H-pyrrole nitrogens is 1. The molecule has 1 aliphatic rings. The van der Waals surface area contributed by atoms with Gasteiger partial charge in [0.2, 0.25) is 0 Å². The molecule has 2 aromatic rings. The zero-order chi connectivity index (χ0) is 21.7. The topological polar surface area (TPSA) is 82.7 Å². The number of pyridine rings is 1. The molecule has 3 heterocycles. The van der Waals surface area contributed by atoms with Crippen molar-refractivity contribution in [3.8, 4) is 0 Å². The van der Waals surface area contributed by atoms with Crippen molar-refractivity contribution in [1.29, 1.82) is 0 Å².